The third kappa shape index (κ3) is 3.94. The van der Waals surface area contributed by atoms with Gasteiger partial charge in [-0.1, -0.05) is 11.6 Å². The van der Waals surface area contributed by atoms with E-state index in [9.17, 15) is 14.0 Å². The van der Waals surface area contributed by atoms with Gasteiger partial charge >= 0.3 is 6.09 Å². The van der Waals surface area contributed by atoms with Gasteiger partial charge in [0, 0.05) is 54.8 Å². The number of rotatable bonds is 1. The number of carbonyl (C=O) groups excluding carboxylic acids is 2. The van der Waals surface area contributed by atoms with Crippen molar-refractivity contribution in [3.05, 3.63) is 51.9 Å². The zero-order valence-electron chi connectivity index (χ0n) is 19.1. The number of halogens is 2. The lowest BCUT2D eigenvalue weighted by atomic mass is 10.0. The van der Waals surface area contributed by atoms with Crippen LogP contribution in [0.4, 0.5) is 20.7 Å². The number of fused-ring (bicyclic) bond motifs is 2. The molecule has 1 aromatic heterocycles. The second kappa shape index (κ2) is 8.16. The maximum absolute atomic E-state index is 13.9. The first-order chi connectivity index (χ1) is 16.1. The van der Waals surface area contributed by atoms with Crippen LogP contribution in [0.25, 0.3) is 11.3 Å². The zero-order valence-corrected chi connectivity index (χ0v) is 19.8. The fourth-order valence-corrected chi connectivity index (χ4v) is 4.62. The number of amides is 2. The summed E-state index contributed by atoms with van der Waals surface area (Å²) in [6.45, 7) is 7.76. The first-order valence-electron chi connectivity index (χ1n) is 11.0. The van der Waals surface area contributed by atoms with Crippen LogP contribution in [0.15, 0.2) is 24.4 Å². The average molecular weight is 487 g/mol. The van der Waals surface area contributed by atoms with Gasteiger partial charge in [-0.3, -0.25) is 4.79 Å². The van der Waals surface area contributed by atoms with Crippen LogP contribution >= 0.6 is 11.6 Å². The Labute approximate surface area is 201 Å². The normalized spacial score (nSPS) is 19.5. The molecule has 34 heavy (non-hydrogen) atoms. The summed E-state index contributed by atoms with van der Waals surface area (Å²) in [5.74, 6) is 0.138. The van der Waals surface area contributed by atoms with Crippen molar-refractivity contribution in [2.24, 2.45) is 0 Å². The molecule has 178 valence electrons. The van der Waals surface area contributed by atoms with Crippen molar-refractivity contribution in [3.8, 4) is 0 Å². The Morgan fingerprint density at radius 3 is 2.65 bits per heavy atom. The van der Waals surface area contributed by atoms with Crippen molar-refractivity contribution in [3.63, 3.8) is 0 Å². The van der Waals surface area contributed by atoms with Gasteiger partial charge in [0.15, 0.2) is 0 Å². The largest absolute Gasteiger partial charge is 0.487 e. The van der Waals surface area contributed by atoms with Crippen LogP contribution < -0.4 is 10.2 Å². The average Bonchev–Trinajstić information content (AvgIpc) is 3.33. The summed E-state index contributed by atoms with van der Waals surface area (Å²) in [4.78, 5) is 33.2. The number of ether oxygens (including phenoxy) is 2. The van der Waals surface area contributed by atoms with Gasteiger partial charge in [-0.15, -0.1) is 0 Å². The molecule has 2 amide bonds. The Balaban J connectivity index is 1.39. The summed E-state index contributed by atoms with van der Waals surface area (Å²) < 4.78 is 25.2. The molecule has 0 atom stereocenters. The second-order valence-corrected chi connectivity index (χ2v) is 9.76. The third-order valence-electron chi connectivity index (χ3n) is 5.89. The Bertz CT molecular complexity index is 1230. The first kappa shape index (κ1) is 22.5. The highest BCUT2D eigenvalue weighted by Gasteiger charge is 2.35. The maximum Gasteiger partial charge on any atom is 0.410 e. The van der Waals surface area contributed by atoms with Gasteiger partial charge in [-0.2, -0.15) is 0 Å². The number of anilines is 2. The highest BCUT2D eigenvalue weighted by atomic mass is 35.5. The summed E-state index contributed by atoms with van der Waals surface area (Å²) >= 11 is 6.73. The van der Waals surface area contributed by atoms with Gasteiger partial charge in [0.1, 0.15) is 29.6 Å². The van der Waals surface area contributed by atoms with E-state index in [1.807, 2.05) is 25.7 Å². The van der Waals surface area contributed by atoms with Crippen molar-refractivity contribution in [1.82, 2.24) is 9.88 Å². The Kier molecular flexibility index (Phi) is 5.39. The van der Waals surface area contributed by atoms with E-state index in [4.69, 9.17) is 21.1 Å². The molecule has 2 aromatic rings. The summed E-state index contributed by atoms with van der Waals surface area (Å²) in [6.07, 6.45) is 1.30. The smallest absolute Gasteiger partial charge is 0.410 e. The number of nitrogens with zero attached hydrogens (tertiary/aromatic N) is 3. The van der Waals surface area contributed by atoms with E-state index in [-0.39, 0.29) is 24.2 Å². The summed E-state index contributed by atoms with van der Waals surface area (Å²) in [5.41, 5.74) is 2.04. The first-order valence-corrected chi connectivity index (χ1v) is 11.4. The van der Waals surface area contributed by atoms with Crippen molar-refractivity contribution >= 4 is 46.4 Å². The van der Waals surface area contributed by atoms with Crippen LogP contribution in [0.2, 0.25) is 5.02 Å². The number of benzene rings is 1. The molecule has 0 spiro atoms. The summed E-state index contributed by atoms with van der Waals surface area (Å²) in [7, 11) is 0. The van der Waals surface area contributed by atoms with Crippen molar-refractivity contribution in [2.75, 3.05) is 36.4 Å². The molecule has 3 aliphatic rings. The van der Waals surface area contributed by atoms with E-state index >= 15 is 0 Å². The molecule has 8 nitrogen and oxygen atoms in total. The SMILES string of the molecule is CC(C)(C)OC(=O)N1CCN(c2ncc3c(c2Cl)CO/C3=C2/C(=O)Nc3ccc(F)cc32)CC1. The second-order valence-electron chi connectivity index (χ2n) is 9.38. The van der Waals surface area contributed by atoms with Crippen LogP contribution in [-0.4, -0.2) is 53.7 Å². The standard InChI is InChI=1S/C24H24ClFN4O4/c1-24(2,3)34-23(32)30-8-6-29(7-9-30)21-19(25)16-12-33-20(15(16)11-27-21)18-14-10-13(26)4-5-17(14)28-22(18)31/h4-5,10-11H,6-9,12H2,1-3H3,(H,28,31)/b20-18+. The van der Waals surface area contributed by atoms with Crippen LogP contribution in [0.3, 0.4) is 0 Å². The molecule has 1 N–H and O–H groups in total. The number of pyridine rings is 1. The summed E-state index contributed by atoms with van der Waals surface area (Å²) in [5, 5.41) is 3.18. The van der Waals surface area contributed by atoms with Crippen LogP contribution in [0, 0.1) is 5.82 Å². The molecule has 10 heteroatoms. The number of aromatic nitrogens is 1. The molecule has 1 fully saturated rings. The molecular weight excluding hydrogens is 463 g/mol. The van der Waals surface area contributed by atoms with Gasteiger partial charge < -0.3 is 24.6 Å². The maximum atomic E-state index is 13.9. The molecule has 5 rings (SSSR count). The Hall–Kier alpha value is -3.33. The van der Waals surface area contributed by atoms with E-state index in [0.717, 1.165) is 5.56 Å². The van der Waals surface area contributed by atoms with E-state index in [1.165, 1.54) is 18.2 Å². The highest BCUT2D eigenvalue weighted by molar-refractivity contribution is 6.37. The van der Waals surface area contributed by atoms with E-state index in [0.29, 0.717) is 59.6 Å². The molecule has 0 unspecified atom stereocenters. The number of piperazine rings is 1. The van der Waals surface area contributed by atoms with Crippen LogP contribution in [0.1, 0.15) is 37.5 Å². The van der Waals surface area contributed by atoms with Crippen LogP contribution in [-0.2, 0) is 20.9 Å². The fraction of sp³-hybridized carbons (Fsp3) is 0.375. The molecule has 3 aliphatic heterocycles. The van der Waals surface area contributed by atoms with Gasteiger partial charge in [-0.05, 0) is 39.0 Å². The molecule has 1 aromatic carbocycles. The minimum Gasteiger partial charge on any atom is -0.487 e. The molecule has 0 radical (unpaired) electrons. The topological polar surface area (TPSA) is 84.0 Å². The van der Waals surface area contributed by atoms with Gasteiger partial charge in [0.2, 0.25) is 0 Å². The van der Waals surface area contributed by atoms with E-state index in [1.54, 1.807) is 11.1 Å². The van der Waals surface area contributed by atoms with E-state index in [2.05, 4.69) is 10.3 Å². The van der Waals surface area contributed by atoms with E-state index < -0.39 is 11.4 Å². The number of hydrogen-bond donors (Lipinski definition) is 1. The lowest BCUT2D eigenvalue weighted by Crippen LogP contribution is -2.50. The highest BCUT2D eigenvalue weighted by Crippen LogP contribution is 2.44. The molecule has 0 bridgehead atoms. The lowest BCUT2D eigenvalue weighted by Gasteiger charge is -2.36. The van der Waals surface area contributed by atoms with Crippen LogP contribution in [0.5, 0.6) is 0 Å². The van der Waals surface area contributed by atoms with Crippen molar-refractivity contribution in [2.45, 2.75) is 33.0 Å². The Morgan fingerprint density at radius 2 is 1.94 bits per heavy atom. The Morgan fingerprint density at radius 1 is 1.21 bits per heavy atom. The van der Waals surface area contributed by atoms with Gasteiger partial charge in [0.25, 0.3) is 5.91 Å². The molecule has 0 saturated carbocycles. The fourth-order valence-electron chi connectivity index (χ4n) is 4.29. The lowest BCUT2D eigenvalue weighted by molar-refractivity contribution is -0.110. The van der Waals surface area contributed by atoms with Gasteiger partial charge in [0.05, 0.1) is 10.6 Å². The predicted octanol–water partition coefficient (Wildman–Crippen LogP) is 4.28. The molecule has 4 heterocycles. The molecular formula is C24H24ClFN4O4. The van der Waals surface area contributed by atoms with Crippen molar-refractivity contribution in [1.29, 1.82) is 0 Å². The minimum absolute atomic E-state index is 0.179. The zero-order chi connectivity index (χ0) is 24.2. The minimum atomic E-state index is -0.548. The number of carbonyl (C=O) groups is 2. The molecule has 0 aliphatic carbocycles. The number of nitrogens with one attached hydrogen (secondary N) is 1. The monoisotopic (exact) mass is 486 g/mol. The van der Waals surface area contributed by atoms with Crippen molar-refractivity contribution < 1.29 is 23.5 Å². The molecule has 1 saturated heterocycles. The summed E-state index contributed by atoms with van der Waals surface area (Å²) in [6, 6.07) is 4.13. The predicted molar refractivity (Wildman–Crippen MR) is 126 cm³/mol. The number of hydrogen-bond acceptors (Lipinski definition) is 6. The van der Waals surface area contributed by atoms with Gasteiger partial charge in [-0.25, -0.2) is 14.2 Å². The quantitative estimate of drug-likeness (QED) is 0.606. The third-order valence-corrected chi connectivity index (χ3v) is 6.29.